The molecule has 1 unspecified atom stereocenters. The van der Waals surface area contributed by atoms with Gasteiger partial charge in [0.1, 0.15) is 17.5 Å². The Balaban J connectivity index is 2.21. The predicted octanol–water partition coefficient (Wildman–Crippen LogP) is 0.762. The van der Waals surface area contributed by atoms with Gasteiger partial charge in [-0.1, -0.05) is 0 Å². The van der Waals surface area contributed by atoms with E-state index in [0.717, 1.165) is 18.2 Å². The Labute approximate surface area is 106 Å². The number of carboxylic acids is 1. The fourth-order valence-electron chi connectivity index (χ4n) is 2.10. The molecular formula is C12H18N4O2. The van der Waals surface area contributed by atoms with Gasteiger partial charge in [0, 0.05) is 33.3 Å². The van der Waals surface area contributed by atoms with Gasteiger partial charge in [0.15, 0.2) is 0 Å². The lowest BCUT2D eigenvalue weighted by molar-refractivity contribution is -0.140. The third kappa shape index (κ3) is 2.52. The molecular weight excluding hydrogens is 232 g/mol. The molecule has 1 saturated heterocycles. The zero-order valence-corrected chi connectivity index (χ0v) is 10.9. The van der Waals surface area contributed by atoms with Crippen molar-refractivity contribution < 1.29 is 9.90 Å². The van der Waals surface area contributed by atoms with Crippen LogP contribution in [0.3, 0.4) is 0 Å². The normalized spacial score (nSPS) is 19.1. The first-order chi connectivity index (χ1) is 8.47. The number of rotatable bonds is 3. The molecule has 1 atom stereocenters. The molecule has 2 rings (SSSR count). The highest BCUT2D eigenvalue weighted by molar-refractivity contribution is 5.72. The van der Waals surface area contributed by atoms with Crippen LogP contribution in [0, 0.1) is 12.8 Å². The molecule has 0 radical (unpaired) electrons. The minimum atomic E-state index is -0.726. The van der Waals surface area contributed by atoms with E-state index in [4.69, 9.17) is 5.11 Å². The summed E-state index contributed by atoms with van der Waals surface area (Å²) in [6.45, 7) is 3.11. The van der Waals surface area contributed by atoms with Gasteiger partial charge in [-0.2, -0.15) is 0 Å². The van der Waals surface area contributed by atoms with Gasteiger partial charge in [-0.05, 0) is 13.3 Å². The highest BCUT2D eigenvalue weighted by Gasteiger charge is 2.29. The Morgan fingerprint density at radius 3 is 2.78 bits per heavy atom. The predicted molar refractivity (Wildman–Crippen MR) is 69.1 cm³/mol. The van der Waals surface area contributed by atoms with Gasteiger partial charge in [-0.25, -0.2) is 9.97 Å². The molecule has 1 fully saturated rings. The SMILES string of the molecule is Cc1nc(N(C)C)cc(N2CCC(C(=O)O)C2)n1. The average Bonchev–Trinajstić information content (AvgIpc) is 2.77. The van der Waals surface area contributed by atoms with Crippen LogP contribution in [0.2, 0.25) is 0 Å². The van der Waals surface area contributed by atoms with Crippen LogP contribution in [0.25, 0.3) is 0 Å². The molecule has 1 aliphatic heterocycles. The summed E-state index contributed by atoms with van der Waals surface area (Å²) in [5.74, 6) is 1.35. The number of aryl methyl sites for hydroxylation is 1. The zero-order valence-electron chi connectivity index (χ0n) is 10.9. The standard InChI is InChI=1S/C12H18N4O2/c1-8-13-10(15(2)3)6-11(14-8)16-5-4-9(7-16)12(17)18/h6,9H,4-5,7H2,1-3H3,(H,17,18). The number of aliphatic carboxylic acids is 1. The van der Waals surface area contributed by atoms with E-state index in [1.54, 1.807) is 0 Å². The van der Waals surface area contributed by atoms with Crippen molar-refractivity contribution in [3.8, 4) is 0 Å². The number of hydrogen-bond acceptors (Lipinski definition) is 5. The fraction of sp³-hybridized carbons (Fsp3) is 0.583. The van der Waals surface area contributed by atoms with E-state index < -0.39 is 5.97 Å². The lowest BCUT2D eigenvalue weighted by Gasteiger charge is -2.20. The Morgan fingerprint density at radius 1 is 1.50 bits per heavy atom. The first-order valence-corrected chi connectivity index (χ1v) is 5.98. The molecule has 18 heavy (non-hydrogen) atoms. The summed E-state index contributed by atoms with van der Waals surface area (Å²) in [4.78, 5) is 23.6. The fourth-order valence-corrected chi connectivity index (χ4v) is 2.10. The topological polar surface area (TPSA) is 69.6 Å². The van der Waals surface area contributed by atoms with Crippen molar-refractivity contribution in [3.05, 3.63) is 11.9 Å². The first kappa shape index (κ1) is 12.6. The second-order valence-electron chi connectivity index (χ2n) is 4.80. The van der Waals surface area contributed by atoms with Crippen LogP contribution in [0.4, 0.5) is 11.6 Å². The maximum atomic E-state index is 11.0. The Hall–Kier alpha value is -1.85. The van der Waals surface area contributed by atoms with Crippen LogP contribution in [0.15, 0.2) is 6.07 Å². The zero-order chi connectivity index (χ0) is 13.3. The maximum Gasteiger partial charge on any atom is 0.308 e. The third-order valence-electron chi connectivity index (χ3n) is 3.13. The van der Waals surface area contributed by atoms with Crippen molar-refractivity contribution in [2.75, 3.05) is 37.0 Å². The summed E-state index contributed by atoms with van der Waals surface area (Å²) in [6.07, 6.45) is 0.676. The van der Waals surface area contributed by atoms with Crippen LogP contribution >= 0.6 is 0 Å². The lowest BCUT2D eigenvalue weighted by atomic mass is 10.1. The van der Waals surface area contributed by atoms with E-state index >= 15 is 0 Å². The van der Waals surface area contributed by atoms with Gasteiger partial charge in [-0.15, -0.1) is 0 Å². The molecule has 98 valence electrons. The summed E-state index contributed by atoms with van der Waals surface area (Å²) in [7, 11) is 3.85. The summed E-state index contributed by atoms with van der Waals surface area (Å²) in [6, 6.07) is 1.90. The highest BCUT2D eigenvalue weighted by atomic mass is 16.4. The average molecular weight is 250 g/mol. The molecule has 2 heterocycles. The molecule has 6 heteroatoms. The van der Waals surface area contributed by atoms with Gasteiger partial charge in [0.25, 0.3) is 0 Å². The van der Waals surface area contributed by atoms with Gasteiger partial charge in [0.2, 0.25) is 0 Å². The number of hydrogen-bond donors (Lipinski definition) is 1. The number of anilines is 2. The van der Waals surface area contributed by atoms with Crippen molar-refractivity contribution in [3.63, 3.8) is 0 Å². The van der Waals surface area contributed by atoms with Crippen molar-refractivity contribution in [1.82, 2.24) is 9.97 Å². The Morgan fingerprint density at radius 2 is 2.22 bits per heavy atom. The van der Waals surface area contributed by atoms with Crippen LogP contribution in [-0.2, 0) is 4.79 Å². The Bertz CT molecular complexity index is 461. The molecule has 0 spiro atoms. The van der Waals surface area contributed by atoms with Gasteiger partial charge in [-0.3, -0.25) is 4.79 Å². The maximum absolute atomic E-state index is 11.0. The molecule has 0 aromatic carbocycles. The van der Waals surface area contributed by atoms with E-state index in [0.29, 0.717) is 18.8 Å². The van der Waals surface area contributed by atoms with Crippen LogP contribution in [0.5, 0.6) is 0 Å². The second-order valence-corrected chi connectivity index (χ2v) is 4.80. The molecule has 0 aliphatic carbocycles. The molecule has 1 aromatic rings. The molecule has 1 N–H and O–H groups in total. The minimum absolute atomic E-state index is 0.289. The lowest BCUT2D eigenvalue weighted by Crippen LogP contribution is -2.24. The number of carbonyl (C=O) groups is 1. The number of aromatic nitrogens is 2. The van der Waals surface area contributed by atoms with E-state index in [1.807, 2.05) is 36.9 Å². The van der Waals surface area contributed by atoms with Crippen molar-refractivity contribution >= 4 is 17.6 Å². The van der Waals surface area contributed by atoms with E-state index in [2.05, 4.69) is 9.97 Å². The van der Waals surface area contributed by atoms with Crippen molar-refractivity contribution in [1.29, 1.82) is 0 Å². The first-order valence-electron chi connectivity index (χ1n) is 5.98. The smallest absolute Gasteiger partial charge is 0.308 e. The van der Waals surface area contributed by atoms with Gasteiger partial charge in [0.05, 0.1) is 5.92 Å². The molecule has 0 amide bonds. The quantitative estimate of drug-likeness (QED) is 0.854. The minimum Gasteiger partial charge on any atom is -0.481 e. The van der Waals surface area contributed by atoms with Gasteiger partial charge < -0.3 is 14.9 Å². The summed E-state index contributed by atoms with van der Waals surface area (Å²) in [5.41, 5.74) is 0. The molecule has 1 aliphatic rings. The largest absolute Gasteiger partial charge is 0.481 e. The number of nitrogens with zero attached hydrogens (tertiary/aromatic N) is 4. The van der Waals surface area contributed by atoms with Crippen LogP contribution in [0.1, 0.15) is 12.2 Å². The highest BCUT2D eigenvalue weighted by Crippen LogP contribution is 2.24. The third-order valence-corrected chi connectivity index (χ3v) is 3.13. The Kier molecular flexibility index (Phi) is 3.36. The van der Waals surface area contributed by atoms with Gasteiger partial charge >= 0.3 is 5.97 Å². The monoisotopic (exact) mass is 250 g/mol. The van der Waals surface area contributed by atoms with Crippen molar-refractivity contribution in [2.24, 2.45) is 5.92 Å². The summed E-state index contributed by atoms with van der Waals surface area (Å²) >= 11 is 0. The van der Waals surface area contributed by atoms with Crippen LogP contribution in [-0.4, -0.2) is 48.2 Å². The number of carboxylic acid groups (broad SMARTS) is 1. The molecule has 6 nitrogen and oxygen atoms in total. The van der Waals surface area contributed by atoms with E-state index in [-0.39, 0.29) is 5.92 Å². The van der Waals surface area contributed by atoms with Crippen molar-refractivity contribution in [2.45, 2.75) is 13.3 Å². The molecule has 0 bridgehead atoms. The van der Waals surface area contributed by atoms with E-state index in [1.165, 1.54) is 0 Å². The summed E-state index contributed by atoms with van der Waals surface area (Å²) in [5, 5.41) is 9.01. The van der Waals surface area contributed by atoms with E-state index in [9.17, 15) is 4.79 Å². The molecule has 1 aromatic heterocycles. The molecule has 0 saturated carbocycles. The van der Waals surface area contributed by atoms with Crippen LogP contribution < -0.4 is 9.80 Å². The second kappa shape index (κ2) is 4.80. The summed E-state index contributed by atoms with van der Waals surface area (Å²) < 4.78 is 0.